The zero-order valence-corrected chi connectivity index (χ0v) is 15.3. The molecule has 0 amide bonds. The molecule has 0 saturated carbocycles. The maximum absolute atomic E-state index is 2.32. The van der Waals surface area contributed by atoms with Crippen molar-refractivity contribution in [1.29, 1.82) is 0 Å². The molecule has 0 spiro atoms. The maximum atomic E-state index is 2.32. The lowest BCUT2D eigenvalue weighted by Crippen LogP contribution is -3.27. The Kier molecular flexibility index (Phi) is 6.06. The third kappa shape index (κ3) is 4.68. The lowest BCUT2D eigenvalue weighted by Gasteiger charge is -2.29. The Labute approximate surface area is 147 Å². The van der Waals surface area contributed by atoms with E-state index in [4.69, 9.17) is 0 Å². The van der Waals surface area contributed by atoms with E-state index in [1.165, 1.54) is 61.5 Å². The molecule has 2 aromatic rings. The van der Waals surface area contributed by atoms with E-state index < -0.39 is 0 Å². The first-order valence-corrected chi connectivity index (χ1v) is 9.59. The van der Waals surface area contributed by atoms with E-state index in [9.17, 15) is 0 Å². The summed E-state index contributed by atoms with van der Waals surface area (Å²) in [5.41, 5.74) is 5.86. The van der Waals surface area contributed by atoms with Crippen LogP contribution < -0.4 is 9.80 Å². The molecule has 2 aromatic carbocycles. The molecule has 1 saturated heterocycles. The van der Waals surface area contributed by atoms with Crippen molar-refractivity contribution in [3.8, 4) is 0 Å². The van der Waals surface area contributed by atoms with Gasteiger partial charge in [-0.3, -0.25) is 0 Å². The summed E-state index contributed by atoms with van der Waals surface area (Å²) in [5.74, 6) is 0. The Balaban J connectivity index is 1.46. The summed E-state index contributed by atoms with van der Waals surface area (Å²) in [6.45, 7) is 12.0. The van der Waals surface area contributed by atoms with Gasteiger partial charge in [0.05, 0.1) is 0 Å². The molecule has 0 bridgehead atoms. The van der Waals surface area contributed by atoms with Crippen molar-refractivity contribution in [2.75, 3.05) is 26.2 Å². The van der Waals surface area contributed by atoms with E-state index in [-0.39, 0.29) is 0 Å². The zero-order chi connectivity index (χ0) is 16.8. The van der Waals surface area contributed by atoms with Crippen LogP contribution in [0.4, 0.5) is 0 Å². The van der Waals surface area contributed by atoms with Crippen molar-refractivity contribution in [1.82, 2.24) is 0 Å². The molecule has 3 rings (SSSR count). The largest absolute Gasteiger partial charge is 0.322 e. The molecule has 0 aromatic heterocycles. The molecule has 1 heterocycles. The van der Waals surface area contributed by atoms with Crippen molar-refractivity contribution >= 4 is 0 Å². The molecule has 2 heteroatoms. The highest BCUT2D eigenvalue weighted by Crippen LogP contribution is 2.04. The summed E-state index contributed by atoms with van der Waals surface area (Å²) in [7, 11) is 0. The van der Waals surface area contributed by atoms with Gasteiger partial charge in [0.2, 0.25) is 0 Å². The summed E-state index contributed by atoms with van der Waals surface area (Å²) in [6.07, 6.45) is 2.27. The fraction of sp³-hybridized carbons (Fsp3) is 0.455. The maximum Gasteiger partial charge on any atom is 0.127 e. The number of piperazine rings is 1. The van der Waals surface area contributed by atoms with Crippen LogP contribution in [0, 0.1) is 0 Å². The van der Waals surface area contributed by atoms with Gasteiger partial charge >= 0.3 is 0 Å². The van der Waals surface area contributed by atoms with Crippen LogP contribution in [-0.4, -0.2) is 26.2 Å². The fourth-order valence-corrected chi connectivity index (χ4v) is 3.67. The van der Waals surface area contributed by atoms with Crippen molar-refractivity contribution in [3.05, 3.63) is 70.8 Å². The lowest BCUT2D eigenvalue weighted by atomic mass is 10.1. The average Bonchev–Trinajstić information content (AvgIpc) is 2.65. The lowest BCUT2D eigenvalue weighted by molar-refractivity contribution is -1.02. The number of hydrogen-bond donors (Lipinski definition) is 2. The van der Waals surface area contributed by atoms with Gasteiger partial charge in [-0.1, -0.05) is 62.4 Å². The predicted molar refractivity (Wildman–Crippen MR) is 100 cm³/mol. The molecule has 1 aliphatic rings. The molecule has 0 unspecified atom stereocenters. The van der Waals surface area contributed by atoms with Gasteiger partial charge in [0.1, 0.15) is 39.3 Å². The molecule has 128 valence electrons. The quantitative estimate of drug-likeness (QED) is 0.792. The smallest absolute Gasteiger partial charge is 0.127 e. The van der Waals surface area contributed by atoms with Crippen LogP contribution in [0.3, 0.4) is 0 Å². The van der Waals surface area contributed by atoms with Crippen LogP contribution in [-0.2, 0) is 25.9 Å². The number of quaternary nitrogens is 2. The standard InChI is InChI=1S/C22H30N2/c1-3-19-5-9-21(10-6-19)17-23-13-15-24(16-14-23)18-22-11-7-20(4-2)8-12-22/h5-12H,3-4,13-18H2,1-2H3/p+2. The predicted octanol–water partition coefficient (Wildman–Crippen LogP) is 1.30. The van der Waals surface area contributed by atoms with Gasteiger partial charge < -0.3 is 9.80 Å². The minimum absolute atomic E-state index is 1.13. The minimum atomic E-state index is 1.13. The SMILES string of the molecule is CCc1ccc(C[NH+]2CC[NH+](Cc3ccc(CC)cc3)CC2)cc1. The second kappa shape index (κ2) is 8.46. The highest BCUT2D eigenvalue weighted by molar-refractivity contribution is 5.22. The number of hydrogen-bond acceptors (Lipinski definition) is 0. The molecule has 24 heavy (non-hydrogen) atoms. The number of rotatable bonds is 6. The highest BCUT2D eigenvalue weighted by atomic mass is 15.3. The first-order valence-electron chi connectivity index (χ1n) is 9.59. The van der Waals surface area contributed by atoms with Gasteiger partial charge in [0.15, 0.2) is 0 Å². The Morgan fingerprint density at radius 1 is 0.542 bits per heavy atom. The second-order valence-electron chi connectivity index (χ2n) is 7.19. The zero-order valence-electron chi connectivity index (χ0n) is 15.3. The van der Waals surface area contributed by atoms with Gasteiger partial charge in [0, 0.05) is 11.1 Å². The van der Waals surface area contributed by atoms with Gasteiger partial charge in [-0.05, 0) is 24.0 Å². The van der Waals surface area contributed by atoms with Gasteiger partial charge in [-0.2, -0.15) is 0 Å². The fourth-order valence-electron chi connectivity index (χ4n) is 3.67. The molecular formula is C22H32N2+2. The van der Waals surface area contributed by atoms with Crippen LogP contribution in [0.25, 0.3) is 0 Å². The molecule has 2 nitrogen and oxygen atoms in total. The van der Waals surface area contributed by atoms with Crippen LogP contribution in [0.1, 0.15) is 36.1 Å². The van der Waals surface area contributed by atoms with E-state index >= 15 is 0 Å². The van der Waals surface area contributed by atoms with E-state index in [2.05, 4.69) is 62.4 Å². The van der Waals surface area contributed by atoms with E-state index in [1.54, 1.807) is 9.80 Å². The Morgan fingerprint density at radius 3 is 1.12 bits per heavy atom. The third-order valence-electron chi connectivity index (χ3n) is 5.43. The van der Waals surface area contributed by atoms with Crippen LogP contribution in [0.5, 0.6) is 0 Å². The molecule has 1 fully saturated rings. The Morgan fingerprint density at radius 2 is 0.833 bits per heavy atom. The van der Waals surface area contributed by atoms with Gasteiger partial charge in [0.25, 0.3) is 0 Å². The number of benzene rings is 2. The first-order chi connectivity index (χ1) is 11.8. The van der Waals surface area contributed by atoms with Gasteiger partial charge in [-0.15, -0.1) is 0 Å². The van der Waals surface area contributed by atoms with Crippen molar-refractivity contribution in [3.63, 3.8) is 0 Å². The summed E-state index contributed by atoms with van der Waals surface area (Å²) in [6, 6.07) is 18.4. The summed E-state index contributed by atoms with van der Waals surface area (Å²) in [4.78, 5) is 3.48. The van der Waals surface area contributed by atoms with Crippen LogP contribution in [0.2, 0.25) is 0 Å². The van der Waals surface area contributed by atoms with E-state index in [0.29, 0.717) is 0 Å². The number of nitrogens with one attached hydrogen (secondary N) is 2. The second-order valence-corrected chi connectivity index (χ2v) is 7.19. The van der Waals surface area contributed by atoms with E-state index in [0.717, 1.165) is 12.8 Å². The highest BCUT2D eigenvalue weighted by Gasteiger charge is 2.23. The van der Waals surface area contributed by atoms with E-state index in [1.807, 2.05) is 0 Å². The monoisotopic (exact) mass is 324 g/mol. The minimum Gasteiger partial charge on any atom is -0.322 e. The molecule has 1 aliphatic heterocycles. The molecule has 2 N–H and O–H groups in total. The van der Waals surface area contributed by atoms with Crippen molar-refractivity contribution in [2.45, 2.75) is 39.8 Å². The number of aryl methyl sites for hydroxylation is 2. The summed E-state index contributed by atoms with van der Waals surface area (Å²) < 4.78 is 0. The van der Waals surface area contributed by atoms with Crippen LogP contribution >= 0.6 is 0 Å². The van der Waals surface area contributed by atoms with Crippen LogP contribution in [0.15, 0.2) is 48.5 Å². The third-order valence-corrected chi connectivity index (χ3v) is 5.43. The molecule has 0 aliphatic carbocycles. The Bertz CT molecular complexity index is 550. The molecule has 0 atom stereocenters. The molecular weight excluding hydrogens is 292 g/mol. The molecule has 0 radical (unpaired) electrons. The van der Waals surface area contributed by atoms with Crippen molar-refractivity contribution in [2.24, 2.45) is 0 Å². The normalized spacial score (nSPS) is 20.9. The average molecular weight is 325 g/mol. The summed E-state index contributed by atoms with van der Waals surface area (Å²) >= 11 is 0. The topological polar surface area (TPSA) is 8.88 Å². The Hall–Kier alpha value is -1.64. The first kappa shape index (κ1) is 17.2. The van der Waals surface area contributed by atoms with Crippen molar-refractivity contribution < 1.29 is 9.80 Å². The van der Waals surface area contributed by atoms with Gasteiger partial charge in [-0.25, -0.2) is 0 Å². The summed E-state index contributed by atoms with van der Waals surface area (Å²) in [5, 5.41) is 0.